The highest BCUT2D eigenvalue weighted by molar-refractivity contribution is 9.13. The molecule has 1 rings (SSSR count). The molecule has 0 radical (unpaired) electrons. The zero-order chi connectivity index (χ0) is 5.28. The zero-order valence-electron chi connectivity index (χ0n) is 3.19. The molecule has 0 aliphatic carbocycles. The standard InChI is InChI=1S/C3HBr2NS/c4-2-1-7-6-3(2)5/h1H. The van der Waals surface area contributed by atoms with Gasteiger partial charge in [-0.3, -0.25) is 0 Å². The lowest BCUT2D eigenvalue weighted by Gasteiger charge is -1.72. The van der Waals surface area contributed by atoms with Crippen molar-refractivity contribution >= 4 is 43.4 Å². The Bertz CT molecular complexity index is 145. The van der Waals surface area contributed by atoms with Crippen LogP contribution in [0.3, 0.4) is 0 Å². The van der Waals surface area contributed by atoms with E-state index in [1.165, 1.54) is 11.5 Å². The maximum Gasteiger partial charge on any atom is 0.134 e. The van der Waals surface area contributed by atoms with Crippen LogP contribution in [-0.2, 0) is 0 Å². The van der Waals surface area contributed by atoms with Gasteiger partial charge in [0, 0.05) is 5.38 Å². The van der Waals surface area contributed by atoms with Crippen molar-refractivity contribution in [3.8, 4) is 0 Å². The van der Waals surface area contributed by atoms with Gasteiger partial charge in [-0.15, -0.1) is 0 Å². The predicted octanol–water partition coefficient (Wildman–Crippen LogP) is 2.67. The summed E-state index contributed by atoms with van der Waals surface area (Å²) in [6.07, 6.45) is 0. The maximum atomic E-state index is 3.93. The fourth-order valence-electron chi connectivity index (χ4n) is 0.211. The van der Waals surface area contributed by atoms with Crippen LogP contribution >= 0.6 is 43.4 Å². The summed E-state index contributed by atoms with van der Waals surface area (Å²) in [4.78, 5) is 0. The molecule has 0 spiro atoms. The van der Waals surface area contributed by atoms with Crippen molar-refractivity contribution in [1.29, 1.82) is 0 Å². The van der Waals surface area contributed by atoms with Gasteiger partial charge in [-0.05, 0) is 43.4 Å². The molecule has 0 amide bonds. The number of hydrogen-bond acceptors (Lipinski definition) is 2. The Labute approximate surface area is 62.2 Å². The topological polar surface area (TPSA) is 12.9 Å². The van der Waals surface area contributed by atoms with Crippen molar-refractivity contribution in [2.45, 2.75) is 0 Å². The van der Waals surface area contributed by atoms with Crippen LogP contribution in [0.5, 0.6) is 0 Å². The molecule has 0 saturated carbocycles. The molecule has 7 heavy (non-hydrogen) atoms. The predicted molar refractivity (Wildman–Crippen MR) is 37.5 cm³/mol. The second-order valence-electron chi connectivity index (χ2n) is 0.953. The van der Waals surface area contributed by atoms with Gasteiger partial charge in [0.2, 0.25) is 0 Å². The summed E-state index contributed by atoms with van der Waals surface area (Å²) in [5.74, 6) is 0. The number of nitrogens with zero attached hydrogens (tertiary/aromatic N) is 1. The molecule has 1 nitrogen and oxygen atoms in total. The third-order valence-electron chi connectivity index (χ3n) is 0.486. The molecule has 0 fully saturated rings. The van der Waals surface area contributed by atoms with Crippen LogP contribution in [0.15, 0.2) is 14.5 Å². The summed E-state index contributed by atoms with van der Waals surface area (Å²) < 4.78 is 5.84. The lowest BCUT2D eigenvalue weighted by Crippen LogP contribution is -1.53. The van der Waals surface area contributed by atoms with Gasteiger partial charge < -0.3 is 0 Å². The summed E-state index contributed by atoms with van der Waals surface area (Å²) in [5.41, 5.74) is 0. The molecule has 1 heterocycles. The molecule has 38 valence electrons. The summed E-state index contributed by atoms with van der Waals surface area (Å²) in [7, 11) is 0. The average molecular weight is 243 g/mol. The van der Waals surface area contributed by atoms with E-state index in [1.807, 2.05) is 5.38 Å². The Morgan fingerprint density at radius 1 is 1.57 bits per heavy atom. The monoisotopic (exact) mass is 241 g/mol. The first kappa shape index (κ1) is 5.72. The Kier molecular flexibility index (Phi) is 1.83. The first-order valence-corrected chi connectivity index (χ1v) is 3.98. The molecule has 0 saturated heterocycles. The van der Waals surface area contributed by atoms with Crippen molar-refractivity contribution in [2.24, 2.45) is 0 Å². The highest BCUT2D eigenvalue weighted by Crippen LogP contribution is 2.22. The lowest BCUT2D eigenvalue weighted by atomic mass is 10.8. The van der Waals surface area contributed by atoms with Gasteiger partial charge in [-0.2, -0.15) is 4.37 Å². The van der Waals surface area contributed by atoms with Gasteiger partial charge in [-0.25, -0.2) is 0 Å². The molecule has 1 aromatic rings. The van der Waals surface area contributed by atoms with Crippen molar-refractivity contribution in [3.63, 3.8) is 0 Å². The minimum atomic E-state index is 0.887. The van der Waals surface area contributed by atoms with Gasteiger partial charge in [0.25, 0.3) is 0 Å². The van der Waals surface area contributed by atoms with Crippen LogP contribution in [0.2, 0.25) is 0 Å². The van der Waals surface area contributed by atoms with E-state index in [4.69, 9.17) is 0 Å². The molecule has 0 aliphatic heterocycles. The molecule has 1 aromatic heterocycles. The van der Waals surface area contributed by atoms with Crippen LogP contribution in [0.1, 0.15) is 0 Å². The van der Waals surface area contributed by atoms with Crippen molar-refractivity contribution in [2.75, 3.05) is 0 Å². The van der Waals surface area contributed by atoms with E-state index in [-0.39, 0.29) is 0 Å². The van der Waals surface area contributed by atoms with Crippen LogP contribution in [0, 0.1) is 0 Å². The summed E-state index contributed by atoms with van der Waals surface area (Å²) >= 11 is 7.91. The van der Waals surface area contributed by atoms with Gasteiger partial charge >= 0.3 is 0 Å². The van der Waals surface area contributed by atoms with E-state index in [0.717, 1.165) is 9.08 Å². The molecule has 0 bridgehead atoms. The summed E-state index contributed by atoms with van der Waals surface area (Å²) in [6, 6.07) is 0. The highest BCUT2D eigenvalue weighted by Gasteiger charge is 1.93. The van der Waals surface area contributed by atoms with E-state index in [2.05, 4.69) is 36.2 Å². The van der Waals surface area contributed by atoms with Crippen LogP contribution in [-0.4, -0.2) is 4.37 Å². The summed E-state index contributed by atoms with van der Waals surface area (Å²) in [5, 5.41) is 1.92. The SMILES string of the molecule is Brc1csnc1Br. The van der Waals surface area contributed by atoms with Crippen molar-refractivity contribution in [3.05, 3.63) is 14.5 Å². The third-order valence-corrected chi connectivity index (χ3v) is 3.39. The molecule has 4 heteroatoms. The van der Waals surface area contributed by atoms with Crippen LogP contribution in [0.4, 0.5) is 0 Å². The van der Waals surface area contributed by atoms with Crippen LogP contribution < -0.4 is 0 Å². The summed E-state index contributed by atoms with van der Waals surface area (Å²) in [6.45, 7) is 0. The second-order valence-corrected chi connectivity index (χ2v) is 3.19. The molecule has 0 N–H and O–H groups in total. The number of hydrogen-bond donors (Lipinski definition) is 0. The Morgan fingerprint density at radius 2 is 2.29 bits per heavy atom. The van der Waals surface area contributed by atoms with E-state index >= 15 is 0 Å². The normalized spacial score (nSPS) is 9.43. The van der Waals surface area contributed by atoms with E-state index in [1.54, 1.807) is 0 Å². The van der Waals surface area contributed by atoms with E-state index in [9.17, 15) is 0 Å². The fourth-order valence-corrected chi connectivity index (χ4v) is 1.63. The molecule has 0 unspecified atom stereocenters. The first-order valence-electron chi connectivity index (χ1n) is 1.56. The minimum absolute atomic E-state index is 0.887. The second kappa shape index (κ2) is 2.24. The molecule has 0 aromatic carbocycles. The number of halogens is 2. The molecular weight excluding hydrogens is 242 g/mol. The largest absolute Gasteiger partial charge is 0.184 e. The lowest BCUT2D eigenvalue weighted by molar-refractivity contribution is 1.47. The average Bonchev–Trinajstić information content (AvgIpc) is 1.91. The van der Waals surface area contributed by atoms with Crippen molar-refractivity contribution in [1.82, 2.24) is 4.37 Å². The zero-order valence-corrected chi connectivity index (χ0v) is 7.18. The van der Waals surface area contributed by atoms with Crippen molar-refractivity contribution < 1.29 is 0 Å². The molecular formula is C3HBr2NS. The Morgan fingerprint density at radius 3 is 2.43 bits per heavy atom. The van der Waals surface area contributed by atoms with Gasteiger partial charge in [-0.1, -0.05) is 0 Å². The van der Waals surface area contributed by atoms with Gasteiger partial charge in [0.1, 0.15) is 4.60 Å². The fraction of sp³-hybridized carbons (Fsp3) is 0. The highest BCUT2D eigenvalue weighted by atomic mass is 79.9. The Hall–Kier alpha value is 0.590. The minimum Gasteiger partial charge on any atom is -0.184 e. The van der Waals surface area contributed by atoms with Crippen LogP contribution in [0.25, 0.3) is 0 Å². The number of aromatic nitrogens is 1. The molecule has 0 atom stereocenters. The molecule has 0 aliphatic rings. The van der Waals surface area contributed by atoms with Gasteiger partial charge in [0.15, 0.2) is 0 Å². The van der Waals surface area contributed by atoms with E-state index in [0.29, 0.717) is 0 Å². The number of rotatable bonds is 0. The third kappa shape index (κ3) is 1.24. The smallest absolute Gasteiger partial charge is 0.134 e. The quantitative estimate of drug-likeness (QED) is 0.682. The maximum absolute atomic E-state index is 3.93. The first-order chi connectivity index (χ1) is 3.30. The van der Waals surface area contributed by atoms with E-state index < -0.39 is 0 Å². The Balaban J connectivity index is 3.12. The van der Waals surface area contributed by atoms with Gasteiger partial charge in [0.05, 0.1) is 4.47 Å².